The summed E-state index contributed by atoms with van der Waals surface area (Å²) in [7, 11) is 0. The molecule has 2 amide bonds. The van der Waals surface area contributed by atoms with Gasteiger partial charge < -0.3 is 20.0 Å². The Morgan fingerprint density at radius 3 is 2.39 bits per heavy atom. The average molecular weight is 523 g/mol. The molecule has 2 N–H and O–H groups in total. The van der Waals surface area contributed by atoms with Crippen molar-refractivity contribution in [3.63, 3.8) is 0 Å². The second-order valence-electron chi connectivity index (χ2n) is 12.8. The largest absolute Gasteiger partial charge is 0.481 e. The van der Waals surface area contributed by atoms with Crippen molar-refractivity contribution in [1.29, 1.82) is 0 Å². The number of hydrogen-bond acceptors (Lipinski definition) is 5. The van der Waals surface area contributed by atoms with Crippen molar-refractivity contribution >= 4 is 29.5 Å². The fourth-order valence-electron chi connectivity index (χ4n) is 7.37. The molecular formula is C28H46N2O5S. The predicted molar refractivity (Wildman–Crippen MR) is 144 cm³/mol. The van der Waals surface area contributed by atoms with Crippen LogP contribution >= 0.6 is 11.8 Å². The Kier molecular flexibility index (Phi) is 8.61. The molecule has 0 aromatic heterocycles. The van der Waals surface area contributed by atoms with Crippen LogP contribution in [-0.2, 0) is 14.4 Å². The number of carbonyl (C=O) groups excluding carboxylic acids is 2. The summed E-state index contributed by atoms with van der Waals surface area (Å²) in [5.74, 6) is -2.52. The Morgan fingerprint density at radius 2 is 1.83 bits per heavy atom. The summed E-state index contributed by atoms with van der Waals surface area (Å²) in [4.78, 5) is 44.5. The molecule has 3 rings (SSSR count). The molecule has 0 saturated carbocycles. The molecule has 0 aromatic carbocycles. The fourth-order valence-corrected chi connectivity index (χ4v) is 9.78. The van der Waals surface area contributed by atoms with E-state index in [-0.39, 0.29) is 35.0 Å². The zero-order chi connectivity index (χ0) is 27.1. The molecule has 8 heteroatoms. The number of carbonyl (C=O) groups is 3. The van der Waals surface area contributed by atoms with Crippen LogP contribution in [0.4, 0.5) is 0 Å². The first-order chi connectivity index (χ1) is 16.7. The molecule has 3 aliphatic rings. The van der Waals surface area contributed by atoms with Crippen LogP contribution in [0.15, 0.2) is 12.7 Å². The fraction of sp³-hybridized carbons (Fsp3) is 0.821. The van der Waals surface area contributed by atoms with E-state index in [4.69, 9.17) is 5.11 Å². The van der Waals surface area contributed by atoms with Gasteiger partial charge in [-0.3, -0.25) is 14.4 Å². The van der Waals surface area contributed by atoms with E-state index in [0.29, 0.717) is 25.9 Å². The molecule has 3 heterocycles. The molecule has 0 radical (unpaired) electrons. The van der Waals surface area contributed by atoms with Crippen LogP contribution < -0.4 is 0 Å². The number of nitrogens with zero attached hydrogens (tertiary/aromatic N) is 2. The maximum Gasteiger partial charge on any atom is 0.308 e. The first kappa shape index (κ1) is 29.0. The molecule has 0 aliphatic carbocycles. The number of rotatable bonds is 12. The molecule has 3 unspecified atom stereocenters. The highest BCUT2D eigenvalue weighted by Crippen LogP contribution is 2.68. The predicted octanol–water partition coefficient (Wildman–Crippen LogP) is 4.19. The number of fused-ring (bicyclic) bond motifs is 1. The smallest absolute Gasteiger partial charge is 0.308 e. The van der Waals surface area contributed by atoms with E-state index in [1.807, 2.05) is 4.90 Å². The summed E-state index contributed by atoms with van der Waals surface area (Å²) >= 11 is 1.59. The summed E-state index contributed by atoms with van der Waals surface area (Å²) in [6.07, 6.45) is 6.39. The van der Waals surface area contributed by atoms with Crippen LogP contribution in [0, 0.1) is 23.2 Å². The van der Waals surface area contributed by atoms with Gasteiger partial charge in [-0.1, -0.05) is 46.6 Å². The number of aliphatic hydroxyl groups is 1. The minimum Gasteiger partial charge on any atom is -0.481 e. The second-order valence-corrected chi connectivity index (χ2v) is 14.4. The number of carboxylic acids is 1. The van der Waals surface area contributed by atoms with Gasteiger partial charge in [0.1, 0.15) is 6.04 Å². The van der Waals surface area contributed by atoms with Crippen molar-refractivity contribution in [3.05, 3.63) is 12.7 Å². The van der Waals surface area contributed by atoms with E-state index >= 15 is 0 Å². The van der Waals surface area contributed by atoms with Gasteiger partial charge >= 0.3 is 5.97 Å². The van der Waals surface area contributed by atoms with Crippen LogP contribution in [0.25, 0.3) is 0 Å². The Hall–Kier alpha value is -1.54. The summed E-state index contributed by atoms with van der Waals surface area (Å²) < 4.78 is -0.718. The lowest BCUT2D eigenvalue weighted by Crippen LogP contribution is -2.61. The van der Waals surface area contributed by atoms with Gasteiger partial charge in [0, 0.05) is 30.5 Å². The summed E-state index contributed by atoms with van der Waals surface area (Å²) in [5.41, 5.74) is -0.477. The van der Waals surface area contributed by atoms with Crippen molar-refractivity contribution in [2.45, 2.75) is 102 Å². The number of carboxylic acid groups (broad SMARTS) is 1. The van der Waals surface area contributed by atoms with Gasteiger partial charge in [0.25, 0.3) is 0 Å². The molecular weight excluding hydrogens is 476 g/mol. The standard InChI is InChI=1S/C28H46N2O5S/c1-8-13-30(27(6,7)17-26(3,4)5)24(33)22-28-18(2)16-19(36-28)20(25(34)35)21(28)23(32)29(22)14-11-9-10-12-15-31/h8,18-22,31H,1,9-17H2,2-7H3,(H,34,35)/t18?,19-,20+,21-,22?,28?/m0/s1. The van der Waals surface area contributed by atoms with Gasteiger partial charge in [-0.2, -0.15) is 0 Å². The molecule has 36 heavy (non-hydrogen) atoms. The molecule has 1 spiro atoms. The molecule has 204 valence electrons. The second kappa shape index (κ2) is 10.7. The Balaban J connectivity index is 2.03. The summed E-state index contributed by atoms with van der Waals surface area (Å²) in [5, 5.41) is 19.1. The molecule has 7 nitrogen and oxygen atoms in total. The Labute approximate surface area is 221 Å². The number of aliphatic carboxylic acids is 1. The summed E-state index contributed by atoms with van der Waals surface area (Å²) in [6, 6.07) is -0.679. The lowest BCUT2D eigenvalue weighted by Gasteiger charge is -2.46. The van der Waals surface area contributed by atoms with Crippen LogP contribution in [0.3, 0.4) is 0 Å². The van der Waals surface area contributed by atoms with Crippen molar-refractivity contribution in [2.75, 3.05) is 19.7 Å². The van der Waals surface area contributed by atoms with Crippen LogP contribution in [0.5, 0.6) is 0 Å². The van der Waals surface area contributed by atoms with Crippen LogP contribution in [0.2, 0.25) is 0 Å². The minimum absolute atomic E-state index is 0.00975. The lowest BCUT2D eigenvalue weighted by molar-refractivity contribution is -0.149. The number of aliphatic hydroxyl groups excluding tert-OH is 1. The van der Waals surface area contributed by atoms with Crippen molar-refractivity contribution in [1.82, 2.24) is 9.80 Å². The van der Waals surface area contributed by atoms with Gasteiger partial charge in [-0.05, 0) is 50.9 Å². The van der Waals surface area contributed by atoms with Gasteiger partial charge in [-0.15, -0.1) is 18.3 Å². The van der Waals surface area contributed by atoms with E-state index in [1.54, 1.807) is 22.7 Å². The van der Waals surface area contributed by atoms with E-state index in [1.165, 1.54) is 0 Å². The van der Waals surface area contributed by atoms with Gasteiger partial charge in [0.05, 0.1) is 16.6 Å². The number of unbranched alkanes of at least 4 members (excludes halogenated alkanes) is 3. The van der Waals surface area contributed by atoms with Crippen LogP contribution in [0.1, 0.15) is 80.1 Å². The molecule has 2 bridgehead atoms. The third-order valence-electron chi connectivity index (χ3n) is 8.34. The molecule has 6 atom stereocenters. The lowest BCUT2D eigenvalue weighted by atomic mass is 9.66. The number of hydrogen-bond donors (Lipinski definition) is 2. The van der Waals surface area contributed by atoms with Gasteiger partial charge in [0.15, 0.2) is 0 Å². The minimum atomic E-state index is -0.924. The van der Waals surface area contributed by atoms with E-state index in [9.17, 15) is 19.5 Å². The topological polar surface area (TPSA) is 98.2 Å². The Morgan fingerprint density at radius 1 is 1.19 bits per heavy atom. The maximum atomic E-state index is 14.6. The van der Waals surface area contributed by atoms with Crippen molar-refractivity contribution in [3.8, 4) is 0 Å². The monoisotopic (exact) mass is 522 g/mol. The molecule has 3 saturated heterocycles. The van der Waals surface area contributed by atoms with E-state index in [2.05, 4.69) is 48.1 Å². The quantitative estimate of drug-likeness (QED) is 0.295. The third-order valence-corrected chi connectivity index (χ3v) is 10.4. The van der Waals surface area contributed by atoms with E-state index in [0.717, 1.165) is 25.7 Å². The molecule has 3 aliphatic heterocycles. The van der Waals surface area contributed by atoms with Crippen LogP contribution in [-0.4, -0.2) is 79.1 Å². The number of likely N-dealkylation sites (tertiary alicyclic amines) is 1. The highest BCUT2D eigenvalue weighted by Gasteiger charge is 2.76. The normalized spacial score (nSPS) is 31.6. The molecule has 0 aromatic rings. The summed E-state index contributed by atoms with van der Waals surface area (Å²) in [6.45, 7) is 17.6. The third kappa shape index (κ3) is 5.09. The van der Waals surface area contributed by atoms with Crippen molar-refractivity contribution < 1.29 is 24.6 Å². The Bertz CT molecular complexity index is 868. The first-order valence-corrected chi connectivity index (χ1v) is 14.3. The molecule has 3 fully saturated rings. The van der Waals surface area contributed by atoms with Crippen molar-refractivity contribution in [2.24, 2.45) is 23.2 Å². The average Bonchev–Trinajstić information content (AvgIpc) is 3.33. The number of thioether (sulfide) groups is 1. The highest BCUT2D eigenvalue weighted by molar-refractivity contribution is 8.02. The van der Waals surface area contributed by atoms with Gasteiger partial charge in [0.2, 0.25) is 11.8 Å². The van der Waals surface area contributed by atoms with Gasteiger partial charge in [-0.25, -0.2) is 0 Å². The highest BCUT2D eigenvalue weighted by atomic mass is 32.2. The first-order valence-electron chi connectivity index (χ1n) is 13.5. The maximum absolute atomic E-state index is 14.6. The zero-order valence-corrected chi connectivity index (χ0v) is 23.8. The zero-order valence-electron chi connectivity index (χ0n) is 23.0. The van der Waals surface area contributed by atoms with E-state index < -0.39 is 34.1 Å². The number of amides is 2. The SMILES string of the molecule is C=CCN(C(=O)C1N(CCCCCCO)C(=O)[C@@H]2[C@H](C(=O)O)[C@@H]3CC(C)C12S3)C(C)(C)CC(C)(C)C.